The van der Waals surface area contributed by atoms with Gasteiger partial charge in [0.2, 0.25) is 0 Å². The molecule has 0 aliphatic carbocycles. The summed E-state index contributed by atoms with van der Waals surface area (Å²) >= 11 is 12.1. The maximum absolute atomic E-state index is 12.0. The first-order valence-electron chi connectivity index (χ1n) is 8.78. The van der Waals surface area contributed by atoms with E-state index in [0.29, 0.717) is 41.5 Å². The standard InChI is InChI=1S/C18H25Cl2N5O2/c1-4-21-18(24-11-13-10-14(19)16(20)25(13)3)23-8-5-7-22-17(26)15-12(2)6-9-27-15/h6,9-10H,4-5,7-8,11H2,1-3H3,(H,22,26)(H2,21,23,24). The number of carbonyl (C=O) groups is 1. The summed E-state index contributed by atoms with van der Waals surface area (Å²) in [4.78, 5) is 16.5. The number of furan rings is 1. The molecule has 148 valence electrons. The van der Waals surface area contributed by atoms with Gasteiger partial charge in [0.15, 0.2) is 11.7 Å². The number of amides is 1. The molecule has 7 nitrogen and oxygen atoms in total. The van der Waals surface area contributed by atoms with E-state index in [1.54, 1.807) is 6.07 Å². The van der Waals surface area contributed by atoms with Gasteiger partial charge < -0.3 is 24.9 Å². The zero-order valence-electron chi connectivity index (χ0n) is 15.7. The highest BCUT2D eigenvalue weighted by Crippen LogP contribution is 2.25. The van der Waals surface area contributed by atoms with Gasteiger partial charge in [-0.3, -0.25) is 4.79 Å². The quantitative estimate of drug-likeness (QED) is 0.352. The van der Waals surface area contributed by atoms with Gasteiger partial charge in [0.05, 0.1) is 17.8 Å². The summed E-state index contributed by atoms with van der Waals surface area (Å²) in [5, 5.41) is 10.3. The monoisotopic (exact) mass is 413 g/mol. The minimum absolute atomic E-state index is 0.199. The molecule has 1 amide bonds. The van der Waals surface area contributed by atoms with Crippen LogP contribution in [0.25, 0.3) is 0 Å². The third kappa shape index (κ3) is 5.94. The number of aromatic nitrogens is 1. The molecule has 0 aliphatic heterocycles. The molecule has 0 atom stereocenters. The maximum atomic E-state index is 12.0. The Hall–Kier alpha value is -2.12. The number of hydrogen-bond acceptors (Lipinski definition) is 3. The van der Waals surface area contributed by atoms with Gasteiger partial charge in [-0.2, -0.15) is 0 Å². The Bertz CT molecular complexity index is 798. The summed E-state index contributed by atoms with van der Waals surface area (Å²) in [6.07, 6.45) is 2.26. The van der Waals surface area contributed by atoms with Crippen molar-refractivity contribution in [3.63, 3.8) is 0 Å². The van der Waals surface area contributed by atoms with E-state index in [0.717, 1.165) is 24.2 Å². The molecule has 0 saturated heterocycles. The summed E-state index contributed by atoms with van der Waals surface area (Å²) in [5.74, 6) is 0.854. The van der Waals surface area contributed by atoms with Crippen LogP contribution in [0.1, 0.15) is 35.2 Å². The first-order valence-corrected chi connectivity index (χ1v) is 9.53. The van der Waals surface area contributed by atoms with Gasteiger partial charge in [-0.25, -0.2) is 4.99 Å². The number of rotatable bonds is 8. The molecule has 2 aromatic rings. The van der Waals surface area contributed by atoms with E-state index >= 15 is 0 Å². The predicted molar refractivity (Wildman–Crippen MR) is 109 cm³/mol. The third-order valence-electron chi connectivity index (χ3n) is 3.96. The summed E-state index contributed by atoms with van der Waals surface area (Å²) in [7, 11) is 1.85. The fourth-order valence-electron chi connectivity index (χ4n) is 2.43. The van der Waals surface area contributed by atoms with E-state index in [9.17, 15) is 4.79 Å². The molecule has 0 spiro atoms. The molecule has 0 aliphatic rings. The van der Waals surface area contributed by atoms with Crippen molar-refractivity contribution in [1.82, 2.24) is 20.5 Å². The van der Waals surface area contributed by atoms with E-state index in [2.05, 4.69) is 20.9 Å². The van der Waals surface area contributed by atoms with E-state index < -0.39 is 0 Å². The summed E-state index contributed by atoms with van der Waals surface area (Å²) in [5.41, 5.74) is 1.75. The highest BCUT2D eigenvalue weighted by Gasteiger charge is 2.11. The molecular weight excluding hydrogens is 389 g/mol. The van der Waals surface area contributed by atoms with Crippen molar-refractivity contribution in [2.24, 2.45) is 12.0 Å². The number of aliphatic imine (C=N–C) groups is 1. The van der Waals surface area contributed by atoms with Crippen molar-refractivity contribution >= 4 is 35.1 Å². The summed E-state index contributed by atoms with van der Waals surface area (Å²) in [6.45, 7) is 6.24. The van der Waals surface area contributed by atoms with Crippen LogP contribution in [-0.2, 0) is 13.6 Å². The Morgan fingerprint density at radius 1 is 1.26 bits per heavy atom. The van der Waals surface area contributed by atoms with Crippen LogP contribution in [0.3, 0.4) is 0 Å². The van der Waals surface area contributed by atoms with E-state index in [-0.39, 0.29) is 5.91 Å². The molecule has 0 saturated carbocycles. The maximum Gasteiger partial charge on any atom is 0.287 e. The van der Waals surface area contributed by atoms with Crippen molar-refractivity contribution in [2.75, 3.05) is 19.6 Å². The zero-order valence-corrected chi connectivity index (χ0v) is 17.2. The lowest BCUT2D eigenvalue weighted by Gasteiger charge is -2.11. The Kier molecular flexibility index (Phi) is 8.06. The Morgan fingerprint density at radius 2 is 2.00 bits per heavy atom. The summed E-state index contributed by atoms with van der Waals surface area (Å²) < 4.78 is 6.98. The highest BCUT2D eigenvalue weighted by atomic mass is 35.5. The number of aryl methyl sites for hydroxylation is 1. The number of nitrogens with one attached hydrogen (secondary N) is 3. The van der Waals surface area contributed by atoms with Crippen molar-refractivity contribution < 1.29 is 9.21 Å². The largest absolute Gasteiger partial charge is 0.459 e. The smallest absolute Gasteiger partial charge is 0.287 e. The average Bonchev–Trinajstić information content (AvgIpc) is 3.18. The van der Waals surface area contributed by atoms with Gasteiger partial charge in [0, 0.05) is 37.9 Å². The normalized spacial score (nSPS) is 11.5. The second kappa shape index (κ2) is 10.3. The van der Waals surface area contributed by atoms with Gasteiger partial charge in [0.25, 0.3) is 5.91 Å². The van der Waals surface area contributed by atoms with Crippen LogP contribution in [0.2, 0.25) is 10.2 Å². The summed E-state index contributed by atoms with van der Waals surface area (Å²) in [6, 6.07) is 3.58. The highest BCUT2D eigenvalue weighted by molar-refractivity contribution is 6.41. The molecule has 2 heterocycles. The van der Waals surface area contributed by atoms with Crippen LogP contribution < -0.4 is 16.0 Å². The number of guanidine groups is 1. The van der Waals surface area contributed by atoms with Gasteiger partial charge in [0.1, 0.15) is 5.15 Å². The lowest BCUT2D eigenvalue weighted by Crippen LogP contribution is -2.38. The molecule has 9 heteroatoms. The van der Waals surface area contributed by atoms with Gasteiger partial charge in [-0.1, -0.05) is 23.2 Å². The second-order valence-electron chi connectivity index (χ2n) is 6.00. The fourth-order valence-corrected chi connectivity index (χ4v) is 2.84. The van der Waals surface area contributed by atoms with Crippen molar-refractivity contribution in [2.45, 2.75) is 26.8 Å². The minimum Gasteiger partial charge on any atom is -0.459 e. The molecule has 0 unspecified atom stereocenters. The third-order valence-corrected chi connectivity index (χ3v) is 4.80. The van der Waals surface area contributed by atoms with Crippen molar-refractivity contribution in [1.29, 1.82) is 0 Å². The van der Waals surface area contributed by atoms with Crippen LogP contribution in [0, 0.1) is 6.92 Å². The minimum atomic E-state index is -0.199. The Morgan fingerprint density at radius 3 is 2.59 bits per heavy atom. The topological polar surface area (TPSA) is 83.6 Å². The molecular formula is C18H25Cl2N5O2. The number of nitrogens with zero attached hydrogens (tertiary/aromatic N) is 2. The van der Waals surface area contributed by atoms with Crippen molar-refractivity contribution in [3.05, 3.63) is 45.6 Å². The SMILES string of the molecule is CCNC(=NCc1cc(Cl)c(Cl)n1C)NCCCNC(=O)c1occc1C. The van der Waals surface area contributed by atoms with Crippen molar-refractivity contribution in [3.8, 4) is 0 Å². The molecule has 0 fully saturated rings. The average molecular weight is 414 g/mol. The molecule has 3 N–H and O–H groups in total. The lowest BCUT2D eigenvalue weighted by atomic mass is 10.2. The lowest BCUT2D eigenvalue weighted by molar-refractivity contribution is 0.0925. The molecule has 0 aromatic carbocycles. The first-order chi connectivity index (χ1) is 12.9. The Labute approximate surface area is 169 Å². The predicted octanol–water partition coefficient (Wildman–Crippen LogP) is 3.11. The fraction of sp³-hybridized carbons (Fsp3) is 0.444. The van der Waals surface area contributed by atoms with Crippen LogP contribution in [0.15, 0.2) is 27.8 Å². The van der Waals surface area contributed by atoms with Crippen LogP contribution in [-0.4, -0.2) is 36.1 Å². The van der Waals surface area contributed by atoms with Gasteiger partial charge >= 0.3 is 0 Å². The van der Waals surface area contributed by atoms with E-state index in [1.807, 2.05) is 31.5 Å². The van der Waals surface area contributed by atoms with Gasteiger partial charge in [-0.05, 0) is 32.4 Å². The Balaban J connectivity index is 1.77. The number of halogens is 2. The molecule has 2 rings (SSSR count). The van der Waals surface area contributed by atoms with Crippen LogP contribution >= 0.6 is 23.2 Å². The molecule has 0 bridgehead atoms. The molecule has 0 radical (unpaired) electrons. The van der Waals surface area contributed by atoms with Crippen LogP contribution in [0.5, 0.6) is 0 Å². The van der Waals surface area contributed by atoms with E-state index in [4.69, 9.17) is 27.6 Å². The van der Waals surface area contributed by atoms with E-state index in [1.165, 1.54) is 6.26 Å². The number of hydrogen-bond donors (Lipinski definition) is 3. The first kappa shape index (κ1) is 21.2. The van der Waals surface area contributed by atoms with Gasteiger partial charge in [-0.15, -0.1) is 0 Å². The number of carbonyl (C=O) groups excluding carboxylic acids is 1. The zero-order chi connectivity index (χ0) is 19.8. The van der Waals surface area contributed by atoms with Crippen LogP contribution in [0.4, 0.5) is 0 Å². The molecule has 27 heavy (non-hydrogen) atoms. The second-order valence-corrected chi connectivity index (χ2v) is 6.76. The molecule has 2 aromatic heterocycles.